The number of benzene rings is 2. The summed E-state index contributed by atoms with van der Waals surface area (Å²) in [7, 11) is 1.31. The summed E-state index contributed by atoms with van der Waals surface area (Å²) in [6.45, 7) is 3.83. The lowest BCUT2D eigenvalue weighted by Crippen LogP contribution is -2.44. The number of anilines is 2. The summed E-state index contributed by atoms with van der Waals surface area (Å²) >= 11 is 0. The molecule has 0 saturated heterocycles. The number of hydrogen-bond donors (Lipinski definition) is 1. The molecular weight excluding hydrogens is 445 g/mol. The van der Waals surface area contributed by atoms with E-state index in [1.165, 1.54) is 24.5 Å². The Labute approximate surface area is 193 Å². The van der Waals surface area contributed by atoms with Crippen LogP contribution in [0, 0.1) is 12.7 Å². The third kappa shape index (κ3) is 6.23. The molecule has 33 heavy (non-hydrogen) atoms. The first-order valence-corrected chi connectivity index (χ1v) is 12.5. The Kier molecular flexibility index (Phi) is 6.99. The normalized spacial score (nSPS) is 13.6. The first-order chi connectivity index (χ1) is 15.4. The van der Waals surface area contributed by atoms with Gasteiger partial charge in [0.2, 0.25) is 0 Å². The lowest BCUT2D eigenvalue weighted by atomic mass is 10.1. The second kappa shape index (κ2) is 9.40. The largest absolute Gasteiger partial charge is 0.476 e. The van der Waals surface area contributed by atoms with Gasteiger partial charge in [0, 0.05) is 40.2 Å². The van der Waals surface area contributed by atoms with Gasteiger partial charge in [-0.05, 0) is 57.8 Å². The number of fused-ring (bicyclic) bond motifs is 1. The second-order valence-corrected chi connectivity index (χ2v) is 11.2. The van der Waals surface area contributed by atoms with Gasteiger partial charge in [-0.15, -0.1) is 0 Å². The van der Waals surface area contributed by atoms with Gasteiger partial charge in [-0.3, -0.25) is 4.79 Å². The standard InChI is InChI=1S/C23H28FN5O3S/c1-15-9-17(28-33(5,6)31)11-19-21(15)22(26-14-25-19)27-18-8-7-16(24)10-20(18)32-23(2,13-30)12-29(3)4/h7-11,13-14H,12H2,1-6H3,(H,25,26,27)/t23-/m0/s1. The van der Waals surface area contributed by atoms with E-state index in [9.17, 15) is 13.4 Å². The van der Waals surface area contributed by atoms with Crippen LogP contribution < -0.4 is 10.1 Å². The SMILES string of the molecule is Cc1cc(N=S(C)(C)=O)cc2ncnc(Nc3ccc(F)cc3O[C@](C)(C=O)CN(C)C)c12. The van der Waals surface area contributed by atoms with Crippen LogP contribution in [0.2, 0.25) is 0 Å². The maximum atomic E-state index is 14.1. The maximum Gasteiger partial charge on any atom is 0.173 e. The number of halogens is 1. The number of aromatic nitrogens is 2. The van der Waals surface area contributed by atoms with Crippen LogP contribution in [0.3, 0.4) is 0 Å². The van der Waals surface area contributed by atoms with Crippen molar-refractivity contribution in [3.05, 3.63) is 48.0 Å². The molecule has 3 rings (SSSR count). The number of carbonyl (C=O) groups is 1. The summed E-state index contributed by atoms with van der Waals surface area (Å²) in [5.74, 6) is 0.167. The van der Waals surface area contributed by atoms with Crippen LogP contribution in [0.5, 0.6) is 5.75 Å². The highest BCUT2D eigenvalue weighted by Crippen LogP contribution is 2.35. The van der Waals surface area contributed by atoms with Gasteiger partial charge in [0.25, 0.3) is 0 Å². The van der Waals surface area contributed by atoms with Crippen molar-refractivity contribution >= 4 is 44.1 Å². The maximum absolute atomic E-state index is 14.1. The van der Waals surface area contributed by atoms with Gasteiger partial charge in [-0.1, -0.05) is 0 Å². The zero-order chi connectivity index (χ0) is 24.4. The van der Waals surface area contributed by atoms with Crippen LogP contribution in [0.4, 0.5) is 21.6 Å². The third-order valence-corrected chi connectivity index (χ3v) is 5.32. The van der Waals surface area contributed by atoms with Crippen molar-refractivity contribution in [2.45, 2.75) is 19.4 Å². The fourth-order valence-corrected chi connectivity index (χ4v) is 4.17. The first kappa shape index (κ1) is 24.5. The summed E-state index contributed by atoms with van der Waals surface area (Å²) in [5.41, 5.74) is 1.27. The number of nitrogens with zero attached hydrogens (tertiary/aromatic N) is 4. The van der Waals surface area contributed by atoms with E-state index in [1.54, 1.807) is 25.5 Å². The second-order valence-electron chi connectivity index (χ2n) is 8.69. The van der Waals surface area contributed by atoms with E-state index < -0.39 is 21.1 Å². The molecule has 176 valence electrons. The molecule has 8 nitrogen and oxygen atoms in total. The fourth-order valence-electron chi connectivity index (χ4n) is 3.56. The number of likely N-dealkylation sites (N-methyl/N-ethyl adjacent to an activating group) is 1. The number of rotatable bonds is 8. The average molecular weight is 474 g/mol. The highest BCUT2D eigenvalue weighted by Gasteiger charge is 2.28. The first-order valence-electron chi connectivity index (χ1n) is 10.2. The third-order valence-electron chi connectivity index (χ3n) is 4.66. The Morgan fingerprint density at radius 2 is 1.97 bits per heavy atom. The van der Waals surface area contributed by atoms with Gasteiger partial charge in [0.05, 0.1) is 16.9 Å². The monoisotopic (exact) mass is 473 g/mol. The quantitative estimate of drug-likeness (QED) is 0.493. The van der Waals surface area contributed by atoms with Crippen molar-refractivity contribution in [3.8, 4) is 5.75 Å². The molecule has 0 spiro atoms. The molecule has 0 aliphatic heterocycles. The molecule has 1 aromatic heterocycles. The van der Waals surface area contributed by atoms with Gasteiger partial charge in [-0.25, -0.2) is 18.6 Å². The van der Waals surface area contributed by atoms with Gasteiger partial charge in [0.1, 0.15) is 23.7 Å². The van der Waals surface area contributed by atoms with Crippen LogP contribution in [0.25, 0.3) is 10.9 Å². The van der Waals surface area contributed by atoms with Crippen LogP contribution in [-0.2, 0) is 14.5 Å². The fraction of sp³-hybridized carbons (Fsp3) is 0.348. The van der Waals surface area contributed by atoms with Gasteiger partial charge in [-0.2, -0.15) is 4.36 Å². The van der Waals surface area contributed by atoms with Crippen LogP contribution in [0.1, 0.15) is 12.5 Å². The van der Waals surface area contributed by atoms with Gasteiger partial charge < -0.3 is 15.0 Å². The van der Waals surface area contributed by atoms with E-state index in [2.05, 4.69) is 19.6 Å². The molecule has 1 heterocycles. The topological polar surface area (TPSA) is 96.8 Å². The summed E-state index contributed by atoms with van der Waals surface area (Å²) in [5, 5.41) is 3.93. The highest BCUT2D eigenvalue weighted by atomic mass is 32.2. The lowest BCUT2D eigenvalue weighted by Gasteiger charge is -2.29. The molecule has 3 aromatic rings. The summed E-state index contributed by atoms with van der Waals surface area (Å²) < 4.78 is 36.4. The number of ether oxygens (including phenoxy) is 1. The molecule has 0 aliphatic rings. The van der Waals surface area contributed by atoms with Crippen molar-refractivity contribution < 1.29 is 18.1 Å². The predicted molar refractivity (Wildman–Crippen MR) is 130 cm³/mol. The van der Waals surface area contributed by atoms with Crippen LogP contribution in [0.15, 0.2) is 41.0 Å². The Hall–Kier alpha value is -3.11. The molecule has 10 heteroatoms. The predicted octanol–water partition coefficient (Wildman–Crippen LogP) is 4.08. The van der Waals surface area contributed by atoms with Gasteiger partial charge in [0.15, 0.2) is 11.9 Å². The van der Waals surface area contributed by atoms with Crippen molar-refractivity contribution in [3.63, 3.8) is 0 Å². The van der Waals surface area contributed by atoms with E-state index in [0.29, 0.717) is 35.5 Å². The van der Waals surface area contributed by atoms with Crippen molar-refractivity contribution in [1.29, 1.82) is 0 Å². The Balaban J connectivity index is 2.06. The van der Waals surface area contributed by atoms with Gasteiger partial charge >= 0.3 is 0 Å². The Bertz CT molecular complexity index is 1310. The molecular formula is C23H28FN5O3S. The number of hydrogen-bond acceptors (Lipinski definition) is 8. The Morgan fingerprint density at radius 1 is 1.24 bits per heavy atom. The zero-order valence-electron chi connectivity index (χ0n) is 19.5. The molecule has 0 fully saturated rings. The van der Waals surface area contributed by atoms with Crippen molar-refractivity contribution in [2.24, 2.45) is 4.36 Å². The average Bonchev–Trinajstić information content (AvgIpc) is 2.68. The summed E-state index contributed by atoms with van der Waals surface area (Å²) in [6, 6.07) is 7.61. The van der Waals surface area contributed by atoms with Crippen molar-refractivity contribution in [2.75, 3.05) is 38.5 Å². The van der Waals surface area contributed by atoms with E-state index in [4.69, 9.17) is 4.74 Å². The molecule has 1 N–H and O–H groups in total. The lowest BCUT2D eigenvalue weighted by molar-refractivity contribution is -0.121. The molecule has 0 unspecified atom stereocenters. The molecule has 0 aliphatic carbocycles. The highest BCUT2D eigenvalue weighted by molar-refractivity contribution is 7.92. The Morgan fingerprint density at radius 3 is 2.61 bits per heavy atom. The summed E-state index contributed by atoms with van der Waals surface area (Å²) in [4.78, 5) is 22.3. The molecule has 2 aromatic carbocycles. The smallest absolute Gasteiger partial charge is 0.173 e. The van der Waals surface area contributed by atoms with Crippen molar-refractivity contribution in [1.82, 2.24) is 14.9 Å². The molecule has 0 bridgehead atoms. The minimum atomic E-state index is -2.33. The molecule has 0 amide bonds. The molecule has 0 saturated carbocycles. The van der Waals surface area contributed by atoms with Crippen LogP contribution >= 0.6 is 0 Å². The van der Waals surface area contributed by atoms with E-state index in [0.717, 1.165) is 10.9 Å². The molecule has 1 atom stereocenters. The number of carbonyl (C=O) groups excluding carboxylic acids is 1. The van der Waals surface area contributed by atoms with E-state index >= 15 is 0 Å². The number of nitrogens with one attached hydrogen (secondary N) is 1. The number of aryl methyl sites for hydroxylation is 1. The van der Waals surface area contributed by atoms with Crippen LogP contribution in [-0.4, -0.2) is 64.1 Å². The van der Waals surface area contributed by atoms with E-state index in [-0.39, 0.29) is 5.75 Å². The zero-order valence-corrected chi connectivity index (χ0v) is 20.4. The summed E-state index contributed by atoms with van der Waals surface area (Å²) in [6.07, 6.45) is 5.24. The van der Waals surface area contributed by atoms with E-state index in [1.807, 2.05) is 32.0 Å². The minimum absolute atomic E-state index is 0.180. The minimum Gasteiger partial charge on any atom is -0.476 e. The molecule has 0 radical (unpaired) electrons. The number of aldehydes is 1.